The van der Waals surface area contributed by atoms with Crippen molar-refractivity contribution in [3.63, 3.8) is 0 Å². The number of benzene rings is 4. The molecule has 9 nitrogen and oxygen atoms in total. The van der Waals surface area contributed by atoms with E-state index >= 15 is 0 Å². The van der Waals surface area contributed by atoms with Crippen molar-refractivity contribution in [1.82, 2.24) is 30.0 Å². The molecule has 6 aromatic rings. The van der Waals surface area contributed by atoms with E-state index in [2.05, 4.69) is 25.7 Å². The zero-order valence-corrected chi connectivity index (χ0v) is 19.0. The zero-order valence-electron chi connectivity index (χ0n) is 19.0. The molecule has 3 N–H and O–H groups in total. The number of nitrogens with zero attached hydrogens (tertiary/aromatic N) is 6. The molecule has 0 radical (unpaired) electrons. The minimum Gasteiger partial charge on any atom is -0.504 e. The summed E-state index contributed by atoms with van der Waals surface area (Å²) < 4.78 is 0. The van der Waals surface area contributed by atoms with Crippen molar-refractivity contribution in [1.29, 1.82) is 0 Å². The van der Waals surface area contributed by atoms with Crippen LogP contribution in [-0.2, 0) is 0 Å². The quantitative estimate of drug-likeness (QED) is 0.318. The third-order valence-corrected chi connectivity index (χ3v) is 5.74. The van der Waals surface area contributed by atoms with Crippen molar-refractivity contribution in [3.05, 3.63) is 83.9 Å². The molecular formula is C26H21N7O2. The van der Waals surface area contributed by atoms with Gasteiger partial charge in [-0.25, -0.2) is 0 Å². The molecule has 2 aromatic heterocycles. The number of phenols is 2. The predicted molar refractivity (Wildman–Crippen MR) is 134 cm³/mol. The molecule has 35 heavy (non-hydrogen) atoms. The van der Waals surface area contributed by atoms with Gasteiger partial charge in [-0.2, -0.15) is 0 Å². The van der Waals surface area contributed by atoms with Crippen LogP contribution >= 0.6 is 0 Å². The van der Waals surface area contributed by atoms with Gasteiger partial charge in [0.05, 0.1) is 11.4 Å². The SMILES string of the molecule is Cc1cc(Nc2cc(C)cc(-n3nc4ccccc4n3)c2O)c(O)c(-n2nc3ccccc3n2)c1. The molecule has 9 heteroatoms. The Bertz CT molecular complexity index is 1540. The lowest BCUT2D eigenvalue weighted by molar-refractivity contribution is 0.467. The van der Waals surface area contributed by atoms with Crippen molar-refractivity contribution in [3.8, 4) is 22.9 Å². The van der Waals surface area contributed by atoms with Gasteiger partial charge in [0, 0.05) is 0 Å². The summed E-state index contributed by atoms with van der Waals surface area (Å²) >= 11 is 0. The normalized spacial score (nSPS) is 11.4. The average molecular weight is 464 g/mol. The second-order valence-corrected chi connectivity index (χ2v) is 8.44. The van der Waals surface area contributed by atoms with Crippen molar-refractivity contribution in [2.45, 2.75) is 13.8 Å². The average Bonchev–Trinajstić information content (AvgIpc) is 3.47. The largest absolute Gasteiger partial charge is 0.504 e. The second kappa shape index (κ2) is 7.84. The molecule has 0 bridgehead atoms. The topological polar surface area (TPSA) is 114 Å². The summed E-state index contributed by atoms with van der Waals surface area (Å²) in [5.74, 6) is -0.0809. The number of rotatable bonds is 4. The molecule has 6 rings (SSSR count). The number of aromatic hydroxyl groups is 2. The van der Waals surface area contributed by atoms with Crippen LogP contribution in [0.5, 0.6) is 11.5 Å². The fourth-order valence-electron chi connectivity index (χ4n) is 4.09. The number of aryl methyl sites for hydroxylation is 2. The van der Waals surface area contributed by atoms with E-state index < -0.39 is 0 Å². The minimum atomic E-state index is -0.0404. The summed E-state index contributed by atoms with van der Waals surface area (Å²) in [6, 6.07) is 22.2. The standard InChI is InChI=1S/C26H21N7O2/c1-15-11-21(25(34)23(13-15)32-28-17-7-3-4-8-18(17)29-32)27-22-12-16(2)14-24(26(22)35)33-30-19-9-5-6-10-20(19)31-33/h3-14,27,34-35H,1-2H3. The monoisotopic (exact) mass is 463 g/mol. The summed E-state index contributed by atoms with van der Waals surface area (Å²) in [6.07, 6.45) is 0. The number of nitrogens with one attached hydrogen (secondary N) is 1. The van der Waals surface area contributed by atoms with E-state index in [4.69, 9.17) is 0 Å². The zero-order chi connectivity index (χ0) is 24.1. The van der Waals surface area contributed by atoms with E-state index in [9.17, 15) is 10.2 Å². The molecule has 172 valence electrons. The molecule has 0 aliphatic rings. The van der Waals surface area contributed by atoms with Crippen LogP contribution in [0.2, 0.25) is 0 Å². The molecule has 0 aliphatic carbocycles. The Hall–Kier alpha value is -4.92. The Morgan fingerprint density at radius 3 is 1.26 bits per heavy atom. The van der Waals surface area contributed by atoms with E-state index in [1.165, 1.54) is 9.59 Å². The van der Waals surface area contributed by atoms with E-state index in [-0.39, 0.29) is 11.5 Å². The molecule has 0 spiro atoms. The van der Waals surface area contributed by atoms with E-state index in [0.717, 1.165) is 33.2 Å². The number of phenolic OH excluding ortho intramolecular Hbond substituents is 2. The van der Waals surface area contributed by atoms with Crippen LogP contribution in [0.4, 0.5) is 11.4 Å². The fourth-order valence-corrected chi connectivity index (χ4v) is 4.09. The van der Waals surface area contributed by atoms with Gasteiger partial charge in [0.15, 0.2) is 11.5 Å². The Labute approximate surface area is 199 Å². The fraction of sp³-hybridized carbons (Fsp3) is 0.0769. The molecule has 0 saturated carbocycles. The number of fused-ring (bicyclic) bond motifs is 2. The molecule has 0 unspecified atom stereocenters. The highest BCUT2D eigenvalue weighted by Gasteiger charge is 2.18. The number of aromatic nitrogens is 6. The van der Waals surface area contributed by atoms with Crippen LogP contribution in [0.3, 0.4) is 0 Å². The van der Waals surface area contributed by atoms with Crippen LogP contribution in [0.25, 0.3) is 33.4 Å². The number of hydrogen-bond acceptors (Lipinski definition) is 7. The van der Waals surface area contributed by atoms with Crippen molar-refractivity contribution in [2.75, 3.05) is 5.32 Å². The van der Waals surface area contributed by atoms with Crippen LogP contribution in [0, 0.1) is 13.8 Å². The van der Waals surface area contributed by atoms with Crippen LogP contribution in [-0.4, -0.2) is 40.2 Å². The van der Waals surface area contributed by atoms with Gasteiger partial charge >= 0.3 is 0 Å². The first-order valence-corrected chi connectivity index (χ1v) is 11.1. The Balaban J connectivity index is 1.43. The molecule has 0 aliphatic heterocycles. The first-order valence-electron chi connectivity index (χ1n) is 11.1. The van der Waals surface area contributed by atoms with Gasteiger partial charge in [-0.1, -0.05) is 24.3 Å². The van der Waals surface area contributed by atoms with Gasteiger partial charge in [0.25, 0.3) is 0 Å². The van der Waals surface area contributed by atoms with Crippen molar-refractivity contribution < 1.29 is 10.2 Å². The molecule has 0 fully saturated rings. The summed E-state index contributed by atoms with van der Waals surface area (Å²) in [7, 11) is 0. The summed E-state index contributed by atoms with van der Waals surface area (Å²) in [6.45, 7) is 3.83. The second-order valence-electron chi connectivity index (χ2n) is 8.44. The maximum Gasteiger partial charge on any atom is 0.166 e. The molecule has 0 atom stereocenters. The van der Waals surface area contributed by atoms with Gasteiger partial charge in [-0.3, -0.25) is 0 Å². The number of anilines is 2. The summed E-state index contributed by atoms with van der Waals surface area (Å²) in [4.78, 5) is 2.83. The maximum atomic E-state index is 11.1. The molecular weight excluding hydrogens is 442 g/mol. The first-order chi connectivity index (χ1) is 17.0. The van der Waals surface area contributed by atoms with Crippen LogP contribution < -0.4 is 5.32 Å². The minimum absolute atomic E-state index is 0.0404. The van der Waals surface area contributed by atoms with E-state index in [1.807, 2.05) is 62.4 Å². The van der Waals surface area contributed by atoms with Gasteiger partial charge in [-0.15, -0.1) is 30.0 Å². The molecule has 0 saturated heterocycles. The van der Waals surface area contributed by atoms with Crippen molar-refractivity contribution in [2.24, 2.45) is 0 Å². The highest BCUT2D eigenvalue weighted by molar-refractivity contribution is 5.79. The molecule has 0 amide bonds. The highest BCUT2D eigenvalue weighted by Crippen LogP contribution is 2.39. The third kappa shape index (κ3) is 3.59. The third-order valence-electron chi connectivity index (χ3n) is 5.74. The molecule has 2 heterocycles. The first kappa shape index (κ1) is 20.7. The lowest BCUT2D eigenvalue weighted by Crippen LogP contribution is -2.04. The van der Waals surface area contributed by atoms with E-state index in [1.54, 1.807) is 24.3 Å². The highest BCUT2D eigenvalue weighted by atomic mass is 16.3. The van der Waals surface area contributed by atoms with Crippen LogP contribution in [0.1, 0.15) is 11.1 Å². The lowest BCUT2D eigenvalue weighted by Gasteiger charge is -2.16. The molecule has 4 aromatic carbocycles. The Morgan fingerprint density at radius 1 is 0.571 bits per heavy atom. The van der Waals surface area contributed by atoms with Gasteiger partial charge in [0.2, 0.25) is 0 Å². The van der Waals surface area contributed by atoms with Gasteiger partial charge in [-0.05, 0) is 73.5 Å². The van der Waals surface area contributed by atoms with Gasteiger partial charge < -0.3 is 15.5 Å². The summed E-state index contributed by atoms with van der Waals surface area (Å²) in [5, 5.41) is 43.4. The smallest absolute Gasteiger partial charge is 0.166 e. The van der Waals surface area contributed by atoms with Crippen LogP contribution in [0.15, 0.2) is 72.8 Å². The predicted octanol–water partition coefficient (Wildman–Crippen LogP) is 4.93. The Kier molecular flexibility index (Phi) is 4.63. The lowest BCUT2D eigenvalue weighted by atomic mass is 10.1. The Morgan fingerprint density at radius 2 is 0.914 bits per heavy atom. The summed E-state index contributed by atoms with van der Waals surface area (Å²) in [5.41, 5.74) is 6.34. The number of hydrogen-bond donors (Lipinski definition) is 3. The van der Waals surface area contributed by atoms with Gasteiger partial charge in [0.1, 0.15) is 33.4 Å². The van der Waals surface area contributed by atoms with E-state index in [0.29, 0.717) is 22.7 Å². The van der Waals surface area contributed by atoms with Crippen molar-refractivity contribution >= 4 is 33.4 Å². The maximum absolute atomic E-state index is 11.1.